The average molecular weight is 438 g/mol. The van der Waals surface area contributed by atoms with E-state index in [9.17, 15) is 9.59 Å². The quantitative estimate of drug-likeness (QED) is 0.375. The van der Waals surface area contributed by atoms with Gasteiger partial charge in [0, 0.05) is 22.2 Å². The minimum absolute atomic E-state index is 0.239. The van der Waals surface area contributed by atoms with E-state index in [-0.39, 0.29) is 6.61 Å². The van der Waals surface area contributed by atoms with Gasteiger partial charge in [-0.15, -0.1) is 0 Å². The molecule has 29 heavy (non-hydrogen) atoms. The molecule has 0 atom stereocenters. The normalized spacial score (nSPS) is 10.6. The van der Waals surface area contributed by atoms with Crippen LogP contribution < -0.4 is 20.2 Å². The summed E-state index contributed by atoms with van der Waals surface area (Å²) in [5.41, 5.74) is 3.60. The Morgan fingerprint density at radius 3 is 2.59 bits per heavy atom. The van der Waals surface area contributed by atoms with Gasteiger partial charge in [-0.1, -0.05) is 36.2 Å². The lowest BCUT2D eigenvalue weighted by Crippen LogP contribution is -2.38. The maximum Gasteiger partial charge on any atom is 0.329 e. The van der Waals surface area contributed by atoms with E-state index in [1.807, 2.05) is 6.92 Å². The Balaban J connectivity index is 1.98. The molecule has 154 valence electrons. The summed E-state index contributed by atoms with van der Waals surface area (Å²) in [6.07, 6.45) is 2.13. The van der Waals surface area contributed by atoms with Crippen LogP contribution in [0.5, 0.6) is 11.5 Å². The van der Waals surface area contributed by atoms with Gasteiger partial charge in [0.05, 0.1) is 13.3 Å². The van der Waals surface area contributed by atoms with Crippen molar-refractivity contribution >= 4 is 41.2 Å². The van der Waals surface area contributed by atoms with Crippen LogP contribution in [0.15, 0.2) is 41.5 Å². The summed E-state index contributed by atoms with van der Waals surface area (Å²) in [5.74, 6) is -0.572. The van der Waals surface area contributed by atoms with E-state index in [1.165, 1.54) is 13.3 Å². The highest BCUT2D eigenvalue weighted by atomic mass is 35.5. The lowest BCUT2D eigenvalue weighted by atomic mass is 10.2. The summed E-state index contributed by atoms with van der Waals surface area (Å²) in [5, 5.41) is 7.30. The number of benzene rings is 2. The second kappa shape index (κ2) is 11.3. The number of ether oxygens (including phenoxy) is 2. The molecule has 0 aliphatic heterocycles. The minimum atomic E-state index is -0.832. The Morgan fingerprint density at radius 1 is 1.10 bits per heavy atom. The Bertz CT molecular complexity index is 903. The van der Waals surface area contributed by atoms with E-state index >= 15 is 0 Å². The Kier molecular flexibility index (Phi) is 8.76. The minimum Gasteiger partial charge on any atom is -0.493 e. The van der Waals surface area contributed by atoms with Gasteiger partial charge in [0.1, 0.15) is 6.61 Å². The topological polar surface area (TPSA) is 89.0 Å². The summed E-state index contributed by atoms with van der Waals surface area (Å²) in [6, 6.07) is 10.3. The molecule has 9 heteroatoms. The van der Waals surface area contributed by atoms with Crippen LogP contribution in [0, 0.1) is 0 Å². The molecule has 7 nitrogen and oxygen atoms in total. The van der Waals surface area contributed by atoms with Crippen molar-refractivity contribution in [3.05, 3.63) is 57.6 Å². The standard InChI is InChI=1S/C20H21Cl2N3O4/c1-3-8-23-19(26)20(27)25-24-11-13-4-7-17(18(9-13)28-2)29-12-14-5-6-15(21)10-16(14)22/h4-7,9-11H,3,8,12H2,1-2H3,(H,23,26)(H,25,27)/b24-11-. The van der Waals surface area contributed by atoms with Crippen LogP contribution in [0.4, 0.5) is 0 Å². The zero-order valence-corrected chi connectivity index (χ0v) is 17.5. The first-order chi connectivity index (χ1) is 13.9. The number of hydrazone groups is 1. The molecule has 2 amide bonds. The first-order valence-corrected chi connectivity index (χ1v) is 9.56. The Labute approximate surface area is 179 Å². The van der Waals surface area contributed by atoms with Crippen LogP contribution >= 0.6 is 23.2 Å². The molecule has 0 fully saturated rings. The summed E-state index contributed by atoms with van der Waals surface area (Å²) >= 11 is 12.0. The van der Waals surface area contributed by atoms with Crippen molar-refractivity contribution in [2.45, 2.75) is 20.0 Å². The molecule has 2 N–H and O–H groups in total. The highest BCUT2D eigenvalue weighted by molar-refractivity contribution is 6.35. The number of amides is 2. The average Bonchev–Trinajstić information content (AvgIpc) is 2.71. The third-order valence-corrected chi connectivity index (χ3v) is 4.29. The number of hydrogen-bond acceptors (Lipinski definition) is 5. The number of rotatable bonds is 8. The molecule has 2 rings (SSSR count). The lowest BCUT2D eigenvalue weighted by Gasteiger charge is -2.12. The van der Waals surface area contributed by atoms with Crippen LogP contribution in [-0.4, -0.2) is 31.7 Å². The number of halogens is 2. The molecule has 0 spiro atoms. The van der Waals surface area contributed by atoms with Crippen molar-refractivity contribution < 1.29 is 19.1 Å². The summed E-state index contributed by atoms with van der Waals surface area (Å²) < 4.78 is 11.1. The predicted octanol–water partition coefficient (Wildman–Crippen LogP) is 3.56. The van der Waals surface area contributed by atoms with Gasteiger partial charge in [0.25, 0.3) is 0 Å². The smallest absolute Gasteiger partial charge is 0.329 e. The summed E-state index contributed by atoms with van der Waals surface area (Å²) in [4.78, 5) is 23.1. The highest BCUT2D eigenvalue weighted by Crippen LogP contribution is 2.29. The van der Waals surface area contributed by atoms with Gasteiger partial charge in [0.2, 0.25) is 0 Å². The molecule has 0 aliphatic carbocycles. The third kappa shape index (κ3) is 6.96. The third-order valence-electron chi connectivity index (χ3n) is 3.71. The van der Waals surface area contributed by atoms with Crippen molar-refractivity contribution in [2.24, 2.45) is 5.10 Å². The number of methoxy groups -OCH3 is 1. The molecule has 0 aromatic heterocycles. The van der Waals surface area contributed by atoms with Crippen LogP contribution in [-0.2, 0) is 16.2 Å². The number of hydrogen-bond donors (Lipinski definition) is 2. The van der Waals surface area contributed by atoms with E-state index < -0.39 is 11.8 Å². The fourth-order valence-electron chi connectivity index (χ4n) is 2.21. The zero-order valence-electron chi connectivity index (χ0n) is 16.0. The fraction of sp³-hybridized carbons (Fsp3) is 0.250. The molecular formula is C20H21Cl2N3O4. The molecule has 0 saturated heterocycles. The van der Waals surface area contributed by atoms with E-state index in [1.54, 1.807) is 36.4 Å². The first-order valence-electron chi connectivity index (χ1n) is 8.80. The molecule has 0 radical (unpaired) electrons. The van der Waals surface area contributed by atoms with Gasteiger partial charge >= 0.3 is 11.8 Å². The molecule has 0 heterocycles. The molecule has 0 unspecified atom stereocenters. The molecule has 0 aliphatic rings. The van der Waals surface area contributed by atoms with Gasteiger partial charge < -0.3 is 14.8 Å². The Morgan fingerprint density at radius 2 is 1.90 bits per heavy atom. The van der Waals surface area contributed by atoms with E-state index in [0.29, 0.717) is 33.7 Å². The van der Waals surface area contributed by atoms with Crippen molar-refractivity contribution in [1.82, 2.24) is 10.7 Å². The van der Waals surface area contributed by atoms with Gasteiger partial charge in [-0.25, -0.2) is 5.43 Å². The van der Waals surface area contributed by atoms with Crippen molar-refractivity contribution in [1.29, 1.82) is 0 Å². The maximum absolute atomic E-state index is 11.6. The number of carbonyl (C=O) groups is 2. The molecular weight excluding hydrogens is 417 g/mol. The SMILES string of the molecule is CCCNC(=O)C(=O)N/N=C\c1ccc(OCc2ccc(Cl)cc2Cl)c(OC)c1. The van der Waals surface area contributed by atoms with Crippen LogP contribution in [0.25, 0.3) is 0 Å². The fourth-order valence-corrected chi connectivity index (χ4v) is 2.68. The van der Waals surface area contributed by atoms with Crippen molar-refractivity contribution in [3.8, 4) is 11.5 Å². The molecule has 0 saturated carbocycles. The van der Waals surface area contributed by atoms with Crippen molar-refractivity contribution in [3.63, 3.8) is 0 Å². The van der Waals surface area contributed by atoms with Gasteiger partial charge in [-0.05, 0) is 42.3 Å². The zero-order chi connectivity index (χ0) is 21.2. The van der Waals surface area contributed by atoms with Crippen LogP contribution in [0.3, 0.4) is 0 Å². The number of carbonyl (C=O) groups excluding carboxylic acids is 2. The van der Waals surface area contributed by atoms with Gasteiger partial charge in [0.15, 0.2) is 11.5 Å². The maximum atomic E-state index is 11.6. The molecule has 0 bridgehead atoms. The molecule has 2 aromatic rings. The largest absolute Gasteiger partial charge is 0.493 e. The van der Waals surface area contributed by atoms with E-state index in [2.05, 4.69) is 15.8 Å². The van der Waals surface area contributed by atoms with Crippen LogP contribution in [0.2, 0.25) is 10.0 Å². The first kappa shape index (κ1) is 22.5. The summed E-state index contributed by atoms with van der Waals surface area (Å²) in [7, 11) is 1.51. The van der Waals surface area contributed by atoms with Crippen molar-refractivity contribution in [2.75, 3.05) is 13.7 Å². The second-order valence-electron chi connectivity index (χ2n) is 5.89. The van der Waals surface area contributed by atoms with E-state index in [0.717, 1.165) is 12.0 Å². The second-order valence-corrected chi connectivity index (χ2v) is 6.73. The van der Waals surface area contributed by atoms with Gasteiger partial charge in [-0.2, -0.15) is 5.10 Å². The monoisotopic (exact) mass is 437 g/mol. The number of nitrogens with one attached hydrogen (secondary N) is 2. The van der Waals surface area contributed by atoms with Gasteiger partial charge in [-0.3, -0.25) is 9.59 Å². The number of nitrogens with zero attached hydrogens (tertiary/aromatic N) is 1. The molecule has 2 aromatic carbocycles. The Hall–Kier alpha value is -2.77. The highest BCUT2D eigenvalue weighted by Gasteiger charge is 2.11. The van der Waals surface area contributed by atoms with Crippen LogP contribution in [0.1, 0.15) is 24.5 Å². The summed E-state index contributed by atoms with van der Waals surface area (Å²) in [6.45, 7) is 2.56. The van der Waals surface area contributed by atoms with E-state index in [4.69, 9.17) is 32.7 Å². The lowest BCUT2D eigenvalue weighted by molar-refractivity contribution is -0.139. The predicted molar refractivity (Wildman–Crippen MR) is 113 cm³/mol.